The van der Waals surface area contributed by atoms with E-state index in [2.05, 4.69) is 73.1 Å². The molecule has 2 atom stereocenters. The molecule has 276 valence electrons. The second-order valence-electron chi connectivity index (χ2n) is 15.8. The summed E-state index contributed by atoms with van der Waals surface area (Å²) in [6, 6.07) is 16.9. The van der Waals surface area contributed by atoms with Crippen molar-refractivity contribution >= 4 is 28.9 Å². The standard InChI is InChI=1S/C21H26ClN3O2.C21H26ClN3/c1-21(16-7-9-25(2)10-8-16)19-6-5-17(22)11-14(19)3-4-15-12-18(26-27-23)13-24-20(15)21;1-21(16-7-9-25(2)10-8-16)19-6-5-17(22)11-14(19)3-4-15-12-18(23)13-24-20(15)21/h5-6,11-13,16H,3-4,7-10,23H2,1-2H3;5-6,11-13,16H,3-4,7-10,23H2,1-2H3. The molecule has 52 heavy (non-hydrogen) atoms. The minimum atomic E-state index is -0.158. The quantitative estimate of drug-likeness (QED) is 0.162. The van der Waals surface area contributed by atoms with Gasteiger partial charge in [0.25, 0.3) is 0 Å². The SMILES string of the molecule is CN1CCC(C2(C)c3ccc(Cl)cc3CCc3cc(N)cnc32)CC1.CN1CCC(C2(C)c3ccc(Cl)cc3CCc3cc(OON)cnc32)CC1. The van der Waals surface area contributed by atoms with Crippen LogP contribution < -0.4 is 16.5 Å². The Hall–Kier alpha value is -3.24. The molecular formula is C42H52Cl2N6O2. The lowest BCUT2D eigenvalue weighted by Gasteiger charge is -2.43. The van der Waals surface area contributed by atoms with Crippen LogP contribution in [-0.4, -0.2) is 60.0 Å². The summed E-state index contributed by atoms with van der Waals surface area (Å²) in [7, 11) is 4.41. The smallest absolute Gasteiger partial charge is 0.186 e. The second kappa shape index (κ2) is 15.2. The first kappa shape index (κ1) is 37.1. The molecule has 2 aromatic carbocycles. The lowest BCUT2D eigenvalue weighted by Crippen LogP contribution is -2.42. The number of piperidine rings is 2. The number of nitrogen functional groups attached to an aromatic ring is 1. The Bertz CT molecular complexity index is 1850. The predicted octanol–water partition coefficient (Wildman–Crippen LogP) is 7.73. The van der Waals surface area contributed by atoms with Crippen LogP contribution in [0.3, 0.4) is 0 Å². The summed E-state index contributed by atoms with van der Waals surface area (Å²) < 4.78 is 0. The Morgan fingerprint density at radius 2 is 1.10 bits per heavy atom. The van der Waals surface area contributed by atoms with Crippen molar-refractivity contribution in [2.24, 2.45) is 17.7 Å². The average molecular weight is 744 g/mol. The first-order valence-corrected chi connectivity index (χ1v) is 19.5. The number of hydrogen-bond acceptors (Lipinski definition) is 8. The van der Waals surface area contributed by atoms with Crippen molar-refractivity contribution in [1.82, 2.24) is 19.8 Å². The first-order chi connectivity index (χ1) is 25.0. The molecule has 2 unspecified atom stereocenters. The van der Waals surface area contributed by atoms with E-state index >= 15 is 0 Å². The maximum absolute atomic E-state index is 6.33. The van der Waals surface area contributed by atoms with Crippen molar-refractivity contribution in [1.29, 1.82) is 0 Å². The number of nitrogens with two attached hydrogens (primary N) is 2. The second-order valence-corrected chi connectivity index (χ2v) is 16.7. The Labute approximate surface area is 318 Å². The molecule has 0 saturated carbocycles. The fraction of sp³-hybridized carbons (Fsp3) is 0.476. The number of pyridine rings is 2. The van der Waals surface area contributed by atoms with E-state index in [4.69, 9.17) is 49.7 Å². The maximum atomic E-state index is 6.33. The van der Waals surface area contributed by atoms with E-state index in [0.717, 1.165) is 86.1 Å². The van der Waals surface area contributed by atoms with Gasteiger partial charge in [-0.1, -0.05) is 40.3 Å². The molecule has 2 fully saturated rings. The Morgan fingerprint density at radius 1 is 0.654 bits per heavy atom. The normalized spacial score (nSPS) is 23.9. The minimum absolute atomic E-state index is 0.0826. The van der Waals surface area contributed by atoms with E-state index in [1.54, 1.807) is 6.20 Å². The molecule has 2 saturated heterocycles. The average Bonchev–Trinajstić information content (AvgIpc) is 3.33. The van der Waals surface area contributed by atoms with Crippen LogP contribution in [0.5, 0.6) is 5.75 Å². The third kappa shape index (κ3) is 7.06. The molecule has 2 aromatic heterocycles. The third-order valence-electron chi connectivity index (χ3n) is 12.7. The molecule has 0 bridgehead atoms. The summed E-state index contributed by atoms with van der Waals surface area (Å²) in [5, 5.41) is 1.61. The molecular weight excluding hydrogens is 691 g/mol. The van der Waals surface area contributed by atoms with Gasteiger partial charge >= 0.3 is 0 Å². The largest absolute Gasteiger partial charge is 0.397 e. The van der Waals surface area contributed by atoms with Crippen LogP contribution in [0.15, 0.2) is 60.9 Å². The highest BCUT2D eigenvalue weighted by Crippen LogP contribution is 2.49. The zero-order valence-corrected chi connectivity index (χ0v) is 32.4. The molecule has 4 aliphatic rings. The van der Waals surface area contributed by atoms with Gasteiger partial charge in [-0.3, -0.25) is 9.97 Å². The van der Waals surface area contributed by atoms with Crippen molar-refractivity contribution in [3.05, 3.63) is 116 Å². The monoisotopic (exact) mass is 742 g/mol. The fourth-order valence-corrected chi connectivity index (χ4v) is 10.2. The van der Waals surface area contributed by atoms with E-state index in [0.29, 0.717) is 17.6 Å². The van der Waals surface area contributed by atoms with Gasteiger partial charge in [0.1, 0.15) is 0 Å². The van der Waals surface area contributed by atoms with Gasteiger partial charge in [-0.05, 0) is 187 Å². The molecule has 8 nitrogen and oxygen atoms in total. The summed E-state index contributed by atoms with van der Waals surface area (Å²) >= 11 is 12.7. The molecule has 4 N–H and O–H groups in total. The highest BCUT2D eigenvalue weighted by Gasteiger charge is 2.45. The molecule has 0 radical (unpaired) electrons. The number of hydrogen-bond donors (Lipinski definition) is 2. The van der Waals surface area contributed by atoms with Crippen molar-refractivity contribution < 1.29 is 9.88 Å². The van der Waals surface area contributed by atoms with Crippen LogP contribution in [0.1, 0.15) is 84.3 Å². The molecule has 4 heterocycles. The molecule has 2 aliphatic heterocycles. The van der Waals surface area contributed by atoms with Crippen molar-refractivity contribution in [3.8, 4) is 5.75 Å². The summed E-state index contributed by atoms with van der Waals surface area (Å²) in [5.74, 6) is 6.70. The molecule has 2 aliphatic carbocycles. The van der Waals surface area contributed by atoms with Gasteiger partial charge in [0.2, 0.25) is 0 Å². The summed E-state index contributed by atoms with van der Waals surface area (Å²) in [6.45, 7) is 9.26. The molecule has 0 spiro atoms. The van der Waals surface area contributed by atoms with Crippen LogP contribution in [-0.2, 0) is 41.5 Å². The molecule has 4 aromatic rings. The lowest BCUT2D eigenvalue weighted by molar-refractivity contribution is -0.211. The number of nitrogens with zero attached hydrogens (tertiary/aromatic N) is 4. The Morgan fingerprint density at radius 3 is 1.58 bits per heavy atom. The zero-order chi connectivity index (χ0) is 36.6. The van der Waals surface area contributed by atoms with Gasteiger partial charge in [-0.15, -0.1) is 0 Å². The summed E-state index contributed by atoms with van der Waals surface area (Å²) in [6.07, 6.45) is 12.0. The van der Waals surface area contributed by atoms with Crippen molar-refractivity contribution in [2.75, 3.05) is 46.0 Å². The van der Waals surface area contributed by atoms with Crippen LogP contribution in [0, 0.1) is 11.8 Å². The van der Waals surface area contributed by atoms with Crippen molar-refractivity contribution in [3.63, 3.8) is 0 Å². The number of fused-ring (bicyclic) bond motifs is 4. The van der Waals surface area contributed by atoms with Gasteiger partial charge in [-0.25, -0.2) is 0 Å². The van der Waals surface area contributed by atoms with Gasteiger partial charge in [-0.2, -0.15) is 5.90 Å². The number of benzene rings is 2. The minimum Gasteiger partial charge on any atom is -0.397 e. The van der Waals surface area contributed by atoms with Crippen LogP contribution in [0.2, 0.25) is 10.0 Å². The number of likely N-dealkylation sites (tertiary alicyclic amines) is 2. The van der Waals surface area contributed by atoms with Crippen LogP contribution in [0.25, 0.3) is 0 Å². The Balaban J connectivity index is 0.000000162. The topological polar surface area (TPSA) is 103 Å². The number of aryl methyl sites for hydroxylation is 4. The van der Waals surface area contributed by atoms with Gasteiger partial charge in [0, 0.05) is 20.9 Å². The van der Waals surface area contributed by atoms with Gasteiger partial charge in [0.05, 0.1) is 29.5 Å². The fourth-order valence-electron chi connectivity index (χ4n) is 9.78. The predicted molar refractivity (Wildman–Crippen MR) is 210 cm³/mol. The van der Waals surface area contributed by atoms with Gasteiger partial charge < -0.3 is 20.4 Å². The number of halogens is 2. The van der Waals surface area contributed by atoms with Crippen molar-refractivity contribution in [2.45, 2.75) is 76.0 Å². The summed E-state index contributed by atoms with van der Waals surface area (Å²) in [5.41, 5.74) is 16.9. The maximum Gasteiger partial charge on any atom is 0.186 e. The number of aromatic nitrogens is 2. The van der Waals surface area contributed by atoms with E-state index in [9.17, 15) is 0 Å². The van der Waals surface area contributed by atoms with E-state index in [1.807, 2.05) is 24.4 Å². The first-order valence-electron chi connectivity index (χ1n) is 18.7. The van der Waals surface area contributed by atoms with Gasteiger partial charge in [0.15, 0.2) is 5.75 Å². The van der Waals surface area contributed by atoms with E-state index < -0.39 is 0 Å². The highest BCUT2D eigenvalue weighted by atomic mass is 35.5. The van der Waals surface area contributed by atoms with Crippen LogP contribution in [0.4, 0.5) is 5.69 Å². The van der Waals surface area contributed by atoms with E-state index in [-0.39, 0.29) is 10.8 Å². The third-order valence-corrected chi connectivity index (χ3v) is 13.2. The van der Waals surface area contributed by atoms with E-state index in [1.165, 1.54) is 51.9 Å². The summed E-state index contributed by atoms with van der Waals surface area (Å²) in [4.78, 5) is 23.9. The molecule has 0 amide bonds. The number of rotatable bonds is 4. The highest BCUT2D eigenvalue weighted by molar-refractivity contribution is 6.31. The van der Waals surface area contributed by atoms with Crippen LogP contribution >= 0.6 is 23.2 Å². The Kier molecular flexibility index (Phi) is 10.9. The zero-order valence-electron chi connectivity index (χ0n) is 30.9. The number of anilines is 1. The molecule has 10 heteroatoms. The lowest BCUT2D eigenvalue weighted by atomic mass is 9.64. The molecule has 8 rings (SSSR count).